The van der Waals surface area contributed by atoms with Crippen LogP contribution < -0.4 is 4.72 Å². The van der Waals surface area contributed by atoms with E-state index in [1.165, 1.54) is 11.3 Å². The van der Waals surface area contributed by atoms with Crippen LogP contribution in [0.15, 0.2) is 41.1 Å². The lowest BCUT2D eigenvalue weighted by Crippen LogP contribution is -2.24. The van der Waals surface area contributed by atoms with Crippen LogP contribution in [0, 0.1) is 0 Å². The second-order valence-electron chi connectivity index (χ2n) is 4.19. The van der Waals surface area contributed by atoms with E-state index in [0.29, 0.717) is 12.1 Å². The number of nitrogens with one attached hydrogen (secondary N) is 1. The lowest BCUT2D eigenvalue weighted by atomic mass is 10.2. The third-order valence-corrected chi connectivity index (χ3v) is 4.67. The summed E-state index contributed by atoms with van der Waals surface area (Å²) in [6.45, 7) is 0.282. The van der Waals surface area contributed by atoms with Crippen LogP contribution in [0.3, 0.4) is 0 Å². The van der Waals surface area contributed by atoms with Gasteiger partial charge in [0.2, 0.25) is 10.0 Å². The third-order valence-electron chi connectivity index (χ3n) is 2.64. The van der Waals surface area contributed by atoms with Gasteiger partial charge in [-0.05, 0) is 33.5 Å². The summed E-state index contributed by atoms with van der Waals surface area (Å²) in [5, 5.41) is 12.8. The highest BCUT2D eigenvalue weighted by molar-refractivity contribution is 7.88. The first-order valence-corrected chi connectivity index (χ1v) is 8.36. The minimum absolute atomic E-state index is 0.0383. The average Bonchev–Trinajstić information content (AvgIpc) is 2.90. The molecule has 0 aliphatic rings. The van der Waals surface area contributed by atoms with Crippen LogP contribution in [0.2, 0.25) is 0 Å². The first kappa shape index (κ1) is 14.2. The molecule has 19 heavy (non-hydrogen) atoms. The van der Waals surface area contributed by atoms with Gasteiger partial charge in [0, 0.05) is 6.54 Å². The van der Waals surface area contributed by atoms with Crippen molar-refractivity contribution in [3.05, 3.63) is 57.8 Å². The summed E-state index contributed by atoms with van der Waals surface area (Å²) in [6.07, 6.45) is 0. The lowest BCUT2D eigenvalue weighted by molar-refractivity contribution is 0.282. The molecule has 6 heteroatoms. The molecule has 2 aromatic rings. The minimum atomic E-state index is -3.34. The second-order valence-corrected chi connectivity index (χ2v) is 6.77. The Morgan fingerprint density at radius 1 is 1.05 bits per heavy atom. The van der Waals surface area contributed by atoms with Crippen LogP contribution in [-0.4, -0.2) is 13.5 Å². The molecule has 1 aromatic carbocycles. The normalized spacial score (nSPS) is 11.6. The highest BCUT2D eigenvalue weighted by Gasteiger charge is 2.11. The molecule has 0 saturated heterocycles. The Morgan fingerprint density at radius 2 is 1.74 bits per heavy atom. The number of aliphatic hydroxyl groups excluding tert-OH is 1. The van der Waals surface area contributed by atoms with E-state index in [1.54, 1.807) is 24.3 Å². The summed E-state index contributed by atoms with van der Waals surface area (Å²) in [5.74, 6) is -0.0527. The Labute approximate surface area is 116 Å². The fourth-order valence-electron chi connectivity index (χ4n) is 1.60. The van der Waals surface area contributed by atoms with Crippen molar-refractivity contribution < 1.29 is 13.5 Å². The fraction of sp³-hybridized carbons (Fsp3) is 0.231. The topological polar surface area (TPSA) is 66.4 Å². The number of rotatable bonds is 6. The molecule has 0 saturated carbocycles. The molecule has 0 spiro atoms. The summed E-state index contributed by atoms with van der Waals surface area (Å²) in [5.41, 5.74) is 2.44. The molecule has 0 amide bonds. The summed E-state index contributed by atoms with van der Waals surface area (Å²) in [7, 11) is -3.34. The maximum Gasteiger partial charge on any atom is 0.216 e. The predicted octanol–water partition coefficient (Wildman–Crippen LogP) is 1.86. The zero-order chi connectivity index (χ0) is 13.7. The average molecular weight is 297 g/mol. The second kappa shape index (κ2) is 6.29. The van der Waals surface area contributed by atoms with Gasteiger partial charge in [-0.1, -0.05) is 24.3 Å². The molecular formula is C13H15NO3S2. The number of aliphatic hydroxyl groups is 1. The zero-order valence-electron chi connectivity index (χ0n) is 10.2. The Hall–Kier alpha value is -1.21. The number of thiophene rings is 1. The highest BCUT2D eigenvalue weighted by Crippen LogP contribution is 2.10. The molecule has 4 nitrogen and oxygen atoms in total. The summed E-state index contributed by atoms with van der Waals surface area (Å²) >= 11 is 1.54. The van der Waals surface area contributed by atoms with Crippen LogP contribution in [0.4, 0.5) is 0 Å². The molecule has 0 atom stereocenters. The molecule has 0 unspecified atom stereocenters. The molecule has 0 bridgehead atoms. The summed E-state index contributed by atoms with van der Waals surface area (Å²) in [4.78, 5) is 0. The van der Waals surface area contributed by atoms with Crippen LogP contribution >= 0.6 is 11.3 Å². The van der Waals surface area contributed by atoms with E-state index < -0.39 is 10.0 Å². The Bertz CT molecular complexity index is 604. The lowest BCUT2D eigenvalue weighted by Gasteiger charge is -2.06. The number of hydrogen-bond donors (Lipinski definition) is 2. The molecule has 2 N–H and O–H groups in total. The maximum absolute atomic E-state index is 11.9. The van der Waals surface area contributed by atoms with Gasteiger partial charge in [0.25, 0.3) is 0 Å². The van der Waals surface area contributed by atoms with Crippen molar-refractivity contribution in [1.29, 1.82) is 0 Å². The SMILES string of the molecule is O=S(=O)(Cc1ccc(CO)cc1)NCc1ccsc1. The third kappa shape index (κ3) is 4.43. The molecular weight excluding hydrogens is 282 g/mol. The summed E-state index contributed by atoms with van der Waals surface area (Å²) in [6, 6.07) is 8.78. The Balaban J connectivity index is 1.96. The van der Waals surface area contributed by atoms with Crippen molar-refractivity contribution in [3.63, 3.8) is 0 Å². The highest BCUT2D eigenvalue weighted by atomic mass is 32.2. The molecule has 0 radical (unpaired) electrons. The van der Waals surface area contributed by atoms with Crippen LogP contribution in [-0.2, 0) is 28.9 Å². The first-order chi connectivity index (χ1) is 9.09. The van der Waals surface area contributed by atoms with Gasteiger partial charge in [0.1, 0.15) is 0 Å². The fourth-order valence-corrected chi connectivity index (χ4v) is 3.39. The Kier molecular flexibility index (Phi) is 4.71. The van der Waals surface area contributed by atoms with E-state index in [9.17, 15) is 8.42 Å². The predicted molar refractivity (Wildman–Crippen MR) is 76.1 cm³/mol. The van der Waals surface area contributed by atoms with Crippen LogP contribution in [0.5, 0.6) is 0 Å². The van der Waals surface area contributed by atoms with E-state index in [1.807, 2.05) is 16.8 Å². The van der Waals surface area contributed by atoms with Gasteiger partial charge in [-0.15, -0.1) is 0 Å². The van der Waals surface area contributed by atoms with Crippen LogP contribution in [0.1, 0.15) is 16.7 Å². The number of benzene rings is 1. The smallest absolute Gasteiger partial charge is 0.216 e. The number of sulfonamides is 1. The van der Waals surface area contributed by atoms with Crippen molar-refractivity contribution in [2.24, 2.45) is 0 Å². The molecule has 0 aliphatic heterocycles. The Morgan fingerprint density at radius 3 is 2.32 bits per heavy atom. The van der Waals surface area contributed by atoms with E-state index in [-0.39, 0.29) is 12.4 Å². The molecule has 1 aromatic heterocycles. The van der Waals surface area contributed by atoms with Gasteiger partial charge in [0.05, 0.1) is 12.4 Å². The van der Waals surface area contributed by atoms with E-state index in [4.69, 9.17) is 5.11 Å². The van der Waals surface area contributed by atoms with E-state index in [2.05, 4.69) is 4.72 Å². The van der Waals surface area contributed by atoms with Gasteiger partial charge < -0.3 is 5.11 Å². The molecule has 0 aliphatic carbocycles. The summed E-state index contributed by atoms with van der Waals surface area (Å²) < 4.78 is 26.4. The quantitative estimate of drug-likeness (QED) is 0.855. The van der Waals surface area contributed by atoms with Gasteiger partial charge >= 0.3 is 0 Å². The van der Waals surface area contributed by atoms with Crippen molar-refractivity contribution in [3.8, 4) is 0 Å². The molecule has 0 fully saturated rings. The van der Waals surface area contributed by atoms with Crippen molar-refractivity contribution >= 4 is 21.4 Å². The largest absolute Gasteiger partial charge is 0.392 e. The van der Waals surface area contributed by atoms with Crippen molar-refractivity contribution in [2.75, 3.05) is 0 Å². The maximum atomic E-state index is 11.9. The molecule has 1 heterocycles. The van der Waals surface area contributed by atoms with Gasteiger partial charge in [-0.25, -0.2) is 13.1 Å². The molecule has 102 valence electrons. The van der Waals surface area contributed by atoms with Crippen LogP contribution in [0.25, 0.3) is 0 Å². The van der Waals surface area contributed by atoms with Crippen molar-refractivity contribution in [1.82, 2.24) is 4.72 Å². The monoisotopic (exact) mass is 297 g/mol. The van der Waals surface area contributed by atoms with Crippen molar-refractivity contribution in [2.45, 2.75) is 18.9 Å². The minimum Gasteiger partial charge on any atom is -0.392 e. The van der Waals surface area contributed by atoms with E-state index in [0.717, 1.165) is 11.1 Å². The standard InChI is InChI=1S/C13H15NO3S2/c15-8-11-1-3-12(4-2-11)10-19(16,17)14-7-13-5-6-18-9-13/h1-6,9,14-15H,7-8,10H2. The van der Waals surface area contributed by atoms with Gasteiger partial charge in [-0.3, -0.25) is 0 Å². The number of hydrogen-bond acceptors (Lipinski definition) is 4. The first-order valence-electron chi connectivity index (χ1n) is 5.76. The van der Waals surface area contributed by atoms with E-state index >= 15 is 0 Å². The van der Waals surface area contributed by atoms with Gasteiger partial charge in [-0.2, -0.15) is 11.3 Å². The van der Waals surface area contributed by atoms with Gasteiger partial charge in [0.15, 0.2) is 0 Å². The molecule has 2 rings (SSSR count). The zero-order valence-corrected chi connectivity index (χ0v) is 11.9.